The lowest BCUT2D eigenvalue weighted by Crippen LogP contribution is -2.14. The summed E-state index contributed by atoms with van der Waals surface area (Å²) in [5, 5.41) is 3.38. The number of pyridine rings is 1. The van der Waals surface area contributed by atoms with E-state index in [2.05, 4.69) is 35.1 Å². The van der Waals surface area contributed by atoms with Crippen molar-refractivity contribution in [1.82, 2.24) is 4.98 Å². The Labute approximate surface area is 98.9 Å². The van der Waals surface area contributed by atoms with E-state index in [0.717, 1.165) is 24.0 Å². The van der Waals surface area contributed by atoms with Crippen LogP contribution in [0.4, 0.5) is 11.5 Å². The lowest BCUT2D eigenvalue weighted by Gasteiger charge is -2.15. The monoisotopic (exact) mass is 221 g/mol. The second-order valence-electron chi connectivity index (χ2n) is 4.36. The summed E-state index contributed by atoms with van der Waals surface area (Å²) in [5.41, 5.74) is 1.13. The largest absolute Gasteiger partial charge is 0.376 e. The minimum absolute atomic E-state index is 0.746. The molecule has 0 bridgehead atoms. The fraction of sp³-hybridized carbons (Fsp3) is 0.615. The number of rotatable bonds is 6. The van der Waals surface area contributed by atoms with Gasteiger partial charge in [-0.15, -0.1) is 0 Å². The zero-order chi connectivity index (χ0) is 12.0. The van der Waals surface area contributed by atoms with E-state index in [-0.39, 0.29) is 0 Å². The third kappa shape index (κ3) is 3.72. The number of hydrogen-bond donors (Lipinski definition) is 1. The van der Waals surface area contributed by atoms with E-state index < -0.39 is 0 Å². The predicted molar refractivity (Wildman–Crippen MR) is 71.1 cm³/mol. The van der Waals surface area contributed by atoms with Crippen molar-refractivity contribution in [3.05, 3.63) is 18.3 Å². The molecule has 0 aliphatic heterocycles. The molecule has 1 aromatic rings. The average Bonchev–Trinajstić information content (AvgIpc) is 2.31. The van der Waals surface area contributed by atoms with Crippen molar-refractivity contribution in [3.63, 3.8) is 0 Å². The molecule has 0 aliphatic carbocycles. The topological polar surface area (TPSA) is 28.2 Å². The Hall–Kier alpha value is -1.25. The van der Waals surface area contributed by atoms with Crippen LogP contribution in [0.25, 0.3) is 0 Å². The highest BCUT2D eigenvalue weighted by Gasteiger charge is 2.03. The molecular formula is C13H23N3. The average molecular weight is 221 g/mol. The van der Waals surface area contributed by atoms with E-state index >= 15 is 0 Å². The molecule has 16 heavy (non-hydrogen) atoms. The van der Waals surface area contributed by atoms with Crippen LogP contribution in [0.5, 0.6) is 0 Å². The van der Waals surface area contributed by atoms with E-state index in [1.807, 2.05) is 26.4 Å². The molecular weight excluding hydrogens is 198 g/mol. The molecule has 0 aromatic carbocycles. The highest BCUT2D eigenvalue weighted by molar-refractivity contribution is 5.48. The summed E-state index contributed by atoms with van der Waals surface area (Å²) in [6, 6.07) is 4.12. The summed E-state index contributed by atoms with van der Waals surface area (Å²) in [6.07, 6.45) is 4.34. The first kappa shape index (κ1) is 12.8. The molecule has 0 spiro atoms. The van der Waals surface area contributed by atoms with Gasteiger partial charge in [0, 0.05) is 20.6 Å². The third-order valence-corrected chi connectivity index (χ3v) is 2.99. The number of nitrogens with zero attached hydrogens (tertiary/aromatic N) is 2. The first-order valence-corrected chi connectivity index (χ1v) is 6.04. The smallest absolute Gasteiger partial charge is 0.126 e. The van der Waals surface area contributed by atoms with Crippen molar-refractivity contribution < 1.29 is 0 Å². The Morgan fingerprint density at radius 1 is 1.25 bits per heavy atom. The number of anilines is 2. The summed E-state index contributed by atoms with van der Waals surface area (Å²) in [6.45, 7) is 5.48. The van der Waals surface area contributed by atoms with E-state index in [4.69, 9.17) is 0 Å². The van der Waals surface area contributed by atoms with Crippen molar-refractivity contribution in [3.8, 4) is 0 Å². The SMILES string of the molecule is CCC(CC)CNc1ccc(N(C)C)cn1. The van der Waals surface area contributed by atoms with E-state index in [1.165, 1.54) is 12.8 Å². The molecule has 0 atom stereocenters. The Bertz CT molecular complexity index is 289. The van der Waals surface area contributed by atoms with Crippen LogP contribution < -0.4 is 10.2 Å². The van der Waals surface area contributed by atoms with Crippen LogP contribution in [0, 0.1) is 5.92 Å². The summed E-state index contributed by atoms with van der Waals surface area (Å²) in [7, 11) is 4.04. The molecule has 0 radical (unpaired) electrons. The first-order valence-electron chi connectivity index (χ1n) is 6.04. The molecule has 3 heteroatoms. The zero-order valence-electron chi connectivity index (χ0n) is 10.8. The molecule has 1 rings (SSSR count). The lowest BCUT2D eigenvalue weighted by molar-refractivity contribution is 0.518. The summed E-state index contributed by atoms with van der Waals surface area (Å²) in [4.78, 5) is 6.44. The zero-order valence-corrected chi connectivity index (χ0v) is 10.8. The normalized spacial score (nSPS) is 10.6. The molecule has 0 amide bonds. The Morgan fingerprint density at radius 3 is 2.38 bits per heavy atom. The summed E-state index contributed by atoms with van der Waals surface area (Å²) >= 11 is 0. The van der Waals surface area contributed by atoms with Crippen LogP contribution in [0.3, 0.4) is 0 Å². The molecule has 0 saturated heterocycles. The maximum absolute atomic E-state index is 4.39. The van der Waals surface area contributed by atoms with Crippen molar-refractivity contribution >= 4 is 11.5 Å². The Morgan fingerprint density at radius 2 is 1.94 bits per heavy atom. The van der Waals surface area contributed by atoms with Crippen molar-refractivity contribution in [2.24, 2.45) is 5.92 Å². The number of hydrogen-bond acceptors (Lipinski definition) is 3. The van der Waals surface area contributed by atoms with Crippen LogP contribution >= 0.6 is 0 Å². The Kier molecular flexibility index (Phi) is 5.09. The van der Waals surface area contributed by atoms with Crippen LogP contribution in [-0.2, 0) is 0 Å². The molecule has 1 heterocycles. The Balaban J connectivity index is 2.49. The highest BCUT2D eigenvalue weighted by atomic mass is 15.1. The van der Waals surface area contributed by atoms with Gasteiger partial charge < -0.3 is 10.2 Å². The predicted octanol–water partition coefficient (Wildman–Crippen LogP) is 3.00. The molecule has 0 fully saturated rings. The lowest BCUT2D eigenvalue weighted by atomic mass is 10.0. The van der Waals surface area contributed by atoms with Crippen LogP contribution in [-0.4, -0.2) is 25.6 Å². The standard InChI is InChI=1S/C13H23N3/c1-5-11(6-2)9-14-13-8-7-12(10-15-13)16(3)4/h7-8,10-11H,5-6,9H2,1-4H3,(H,14,15). The van der Waals surface area contributed by atoms with Gasteiger partial charge >= 0.3 is 0 Å². The second kappa shape index (κ2) is 6.36. The van der Waals surface area contributed by atoms with Gasteiger partial charge in [-0.05, 0) is 18.1 Å². The quantitative estimate of drug-likeness (QED) is 0.800. The minimum Gasteiger partial charge on any atom is -0.376 e. The van der Waals surface area contributed by atoms with Gasteiger partial charge in [0.05, 0.1) is 11.9 Å². The van der Waals surface area contributed by atoms with Crippen molar-refractivity contribution in [2.75, 3.05) is 30.9 Å². The van der Waals surface area contributed by atoms with E-state index in [1.54, 1.807) is 0 Å². The van der Waals surface area contributed by atoms with Gasteiger partial charge in [0.1, 0.15) is 5.82 Å². The van der Waals surface area contributed by atoms with E-state index in [9.17, 15) is 0 Å². The van der Waals surface area contributed by atoms with Gasteiger partial charge in [0.15, 0.2) is 0 Å². The van der Waals surface area contributed by atoms with Crippen molar-refractivity contribution in [2.45, 2.75) is 26.7 Å². The van der Waals surface area contributed by atoms with Gasteiger partial charge in [-0.25, -0.2) is 4.98 Å². The van der Waals surface area contributed by atoms with Crippen molar-refractivity contribution in [1.29, 1.82) is 0 Å². The number of nitrogens with one attached hydrogen (secondary N) is 1. The molecule has 0 aliphatic rings. The summed E-state index contributed by atoms with van der Waals surface area (Å²) in [5.74, 6) is 1.72. The van der Waals surface area contributed by atoms with Gasteiger partial charge in [-0.3, -0.25) is 0 Å². The van der Waals surface area contributed by atoms with Crippen LogP contribution in [0.15, 0.2) is 18.3 Å². The summed E-state index contributed by atoms with van der Waals surface area (Å²) < 4.78 is 0. The van der Waals surface area contributed by atoms with Crippen LogP contribution in [0.1, 0.15) is 26.7 Å². The van der Waals surface area contributed by atoms with E-state index in [0.29, 0.717) is 0 Å². The molecule has 0 saturated carbocycles. The second-order valence-corrected chi connectivity index (χ2v) is 4.36. The minimum atomic E-state index is 0.746. The van der Waals surface area contributed by atoms with Gasteiger partial charge in [0.25, 0.3) is 0 Å². The van der Waals surface area contributed by atoms with Gasteiger partial charge in [-0.1, -0.05) is 26.7 Å². The molecule has 90 valence electrons. The molecule has 1 N–H and O–H groups in total. The number of aromatic nitrogens is 1. The van der Waals surface area contributed by atoms with Crippen LogP contribution in [0.2, 0.25) is 0 Å². The maximum atomic E-state index is 4.39. The molecule has 3 nitrogen and oxygen atoms in total. The fourth-order valence-corrected chi connectivity index (χ4v) is 1.58. The fourth-order valence-electron chi connectivity index (χ4n) is 1.58. The van der Waals surface area contributed by atoms with Gasteiger partial charge in [0.2, 0.25) is 0 Å². The highest BCUT2D eigenvalue weighted by Crippen LogP contribution is 2.13. The molecule has 0 unspecified atom stereocenters. The molecule has 1 aromatic heterocycles. The maximum Gasteiger partial charge on any atom is 0.126 e. The first-order chi connectivity index (χ1) is 7.67. The third-order valence-electron chi connectivity index (χ3n) is 2.99. The van der Waals surface area contributed by atoms with Gasteiger partial charge in [-0.2, -0.15) is 0 Å².